The summed E-state index contributed by atoms with van der Waals surface area (Å²) in [5.74, 6) is 2.87. The van der Waals surface area contributed by atoms with Gasteiger partial charge in [0, 0.05) is 24.6 Å². The molecule has 118 valence electrons. The number of aliphatic hydroxyl groups excluding tert-OH is 1. The standard InChI is InChI=1S/C15H20N4O3/c1-9-18-15(22-19-9)10-6-11(12(20)7-10)8-17-14-13(21-2)4-3-5-16-14/h3-5,10-12,20H,6-8H2,1-2H3,(H,16,17)/t10-,11+,12+/m0/s1. The van der Waals surface area contributed by atoms with Crippen LogP contribution in [0.5, 0.6) is 5.75 Å². The fourth-order valence-electron chi connectivity index (χ4n) is 2.92. The molecular weight excluding hydrogens is 284 g/mol. The van der Waals surface area contributed by atoms with Gasteiger partial charge in [0.2, 0.25) is 5.89 Å². The van der Waals surface area contributed by atoms with Crippen LogP contribution in [0.2, 0.25) is 0 Å². The Morgan fingerprint density at radius 1 is 1.45 bits per heavy atom. The summed E-state index contributed by atoms with van der Waals surface area (Å²) < 4.78 is 10.5. The van der Waals surface area contributed by atoms with Crippen molar-refractivity contribution in [2.45, 2.75) is 31.8 Å². The molecule has 0 aliphatic heterocycles. The first-order valence-corrected chi connectivity index (χ1v) is 7.38. The number of pyridine rings is 1. The van der Waals surface area contributed by atoms with Crippen LogP contribution in [0.4, 0.5) is 5.82 Å². The first-order chi connectivity index (χ1) is 10.7. The molecule has 22 heavy (non-hydrogen) atoms. The monoisotopic (exact) mass is 304 g/mol. The zero-order valence-electron chi connectivity index (χ0n) is 12.7. The maximum absolute atomic E-state index is 10.3. The van der Waals surface area contributed by atoms with Gasteiger partial charge >= 0.3 is 0 Å². The van der Waals surface area contributed by atoms with Gasteiger partial charge in [-0.25, -0.2) is 4.98 Å². The summed E-state index contributed by atoms with van der Waals surface area (Å²) in [6.07, 6.45) is 2.78. The van der Waals surface area contributed by atoms with Crippen LogP contribution in [0.25, 0.3) is 0 Å². The minimum Gasteiger partial charge on any atom is -0.493 e. The second-order valence-corrected chi connectivity index (χ2v) is 5.61. The number of nitrogens with zero attached hydrogens (tertiary/aromatic N) is 3. The molecule has 1 aliphatic rings. The molecule has 2 aromatic rings. The number of aryl methyl sites for hydroxylation is 1. The van der Waals surface area contributed by atoms with Gasteiger partial charge in [0.25, 0.3) is 0 Å². The molecule has 2 aromatic heterocycles. The molecule has 3 rings (SSSR count). The van der Waals surface area contributed by atoms with Crippen LogP contribution in [-0.2, 0) is 0 Å². The normalized spacial score (nSPS) is 24.4. The molecular formula is C15H20N4O3. The Balaban J connectivity index is 1.61. The summed E-state index contributed by atoms with van der Waals surface area (Å²) in [4.78, 5) is 8.52. The molecule has 0 saturated heterocycles. The van der Waals surface area contributed by atoms with Gasteiger partial charge < -0.3 is 19.7 Å². The van der Waals surface area contributed by atoms with Crippen LogP contribution in [0, 0.1) is 12.8 Å². The lowest BCUT2D eigenvalue weighted by atomic mass is 10.0. The Hall–Kier alpha value is -2.15. The van der Waals surface area contributed by atoms with Gasteiger partial charge in [-0.2, -0.15) is 4.98 Å². The average Bonchev–Trinajstić information content (AvgIpc) is 3.11. The average molecular weight is 304 g/mol. The second-order valence-electron chi connectivity index (χ2n) is 5.61. The van der Waals surface area contributed by atoms with Crippen LogP contribution in [-0.4, -0.2) is 40.0 Å². The van der Waals surface area contributed by atoms with Crippen LogP contribution >= 0.6 is 0 Å². The highest BCUT2D eigenvalue weighted by atomic mass is 16.5. The van der Waals surface area contributed by atoms with Crippen molar-refractivity contribution in [3.05, 3.63) is 30.0 Å². The van der Waals surface area contributed by atoms with Crippen molar-refractivity contribution in [1.82, 2.24) is 15.1 Å². The SMILES string of the molecule is COc1cccnc1NC[C@H]1C[C@H](c2nc(C)no2)C[C@H]1O. The maximum Gasteiger partial charge on any atom is 0.229 e. The third-order valence-corrected chi connectivity index (χ3v) is 4.07. The molecule has 0 amide bonds. The molecule has 2 N–H and O–H groups in total. The molecule has 0 aromatic carbocycles. The van der Waals surface area contributed by atoms with Crippen molar-refractivity contribution in [1.29, 1.82) is 0 Å². The molecule has 1 saturated carbocycles. The number of aliphatic hydroxyl groups is 1. The Morgan fingerprint density at radius 2 is 2.32 bits per heavy atom. The third-order valence-electron chi connectivity index (χ3n) is 4.07. The number of nitrogens with one attached hydrogen (secondary N) is 1. The zero-order chi connectivity index (χ0) is 15.5. The molecule has 0 radical (unpaired) electrons. The number of ether oxygens (including phenoxy) is 1. The number of rotatable bonds is 5. The molecule has 7 nitrogen and oxygen atoms in total. The number of anilines is 1. The highest BCUT2D eigenvalue weighted by molar-refractivity contribution is 5.49. The molecule has 1 fully saturated rings. The van der Waals surface area contributed by atoms with Crippen molar-refractivity contribution in [3.63, 3.8) is 0 Å². The number of aromatic nitrogens is 3. The maximum atomic E-state index is 10.3. The van der Waals surface area contributed by atoms with E-state index in [-0.39, 0.29) is 17.9 Å². The molecule has 0 spiro atoms. The van der Waals surface area contributed by atoms with Gasteiger partial charge in [0.1, 0.15) is 0 Å². The van der Waals surface area contributed by atoms with Crippen LogP contribution in [0.3, 0.4) is 0 Å². The van der Waals surface area contributed by atoms with Crippen LogP contribution < -0.4 is 10.1 Å². The fraction of sp³-hybridized carbons (Fsp3) is 0.533. The van der Waals surface area contributed by atoms with Gasteiger partial charge in [0.15, 0.2) is 17.4 Å². The van der Waals surface area contributed by atoms with E-state index in [4.69, 9.17) is 9.26 Å². The molecule has 0 bridgehead atoms. The largest absolute Gasteiger partial charge is 0.493 e. The van der Waals surface area contributed by atoms with Crippen molar-refractivity contribution < 1.29 is 14.4 Å². The van der Waals surface area contributed by atoms with Crippen molar-refractivity contribution in [2.75, 3.05) is 19.0 Å². The summed E-state index contributed by atoms with van der Waals surface area (Å²) >= 11 is 0. The topological polar surface area (TPSA) is 93.3 Å². The Bertz CT molecular complexity index is 631. The summed E-state index contributed by atoms with van der Waals surface area (Å²) in [5, 5.41) is 17.3. The van der Waals surface area contributed by atoms with Crippen molar-refractivity contribution in [2.24, 2.45) is 5.92 Å². The predicted molar refractivity (Wildman–Crippen MR) is 79.8 cm³/mol. The lowest BCUT2D eigenvalue weighted by molar-refractivity contribution is 0.137. The molecule has 1 aliphatic carbocycles. The van der Waals surface area contributed by atoms with E-state index in [9.17, 15) is 5.11 Å². The van der Waals surface area contributed by atoms with E-state index in [0.29, 0.717) is 36.2 Å². The van der Waals surface area contributed by atoms with Crippen LogP contribution in [0.15, 0.2) is 22.9 Å². The van der Waals surface area contributed by atoms with E-state index in [0.717, 1.165) is 6.42 Å². The van der Waals surface area contributed by atoms with Gasteiger partial charge in [0.05, 0.1) is 13.2 Å². The van der Waals surface area contributed by atoms with E-state index >= 15 is 0 Å². The van der Waals surface area contributed by atoms with E-state index < -0.39 is 0 Å². The summed E-state index contributed by atoms with van der Waals surface area (Å²) in [5.41, 5.74) is 0. The first-order valence-electron chi connectivity index (χ1n) is 7.38. The van der Waals surface area contributed by atoms with Crippen molar-refractivity contribution >= 4 is 5.82 Å². The number of hydrogen-bond donors (Lipinski definition) is 2. The Morgan fingerprint density at radius 3 is 3.05 bits per heavy atom. The van der Waals surface area contributed by atoms with E-state index in [1.807, 2.05) is 12.1 Å². The van der Waals surface area contributed by atoms with Gasteiger partial charge in [-0.15, -0.1) is 0 Å². The highest BCUT2D eigenvalue weighted by Gasteiger charge is 2.36. The lowest BCUT2D eigenvalue weighted by Crippen LogP contribution is -2.22. The number of hydrogen-bond acceptors (Lipinski definition) is 7. The Kier molecular flexibility index (Phi) is 4.24. The molecule has 7 heteroatoms. The molecule has 2 heterocycles. The van der Waals surface area contributed by atoms with Crippen molar-refractivity contribution in [3.8, 4) is 5.75 Å². The summed E-state index contributed by atoms with van der Waals surface area (Å²) in [7, 11) is 1.61. The first kappa shape index (κ1) is 14.8. The fourth-order valence-corrected chi connectivity index (χ4v) is 2.92. The molecule has 0 unspecified atom stereocenters. The summed E-state index contributed by atoms with van der Waals surface area (Å²) in [6.45, 7) is 2.42. The van der Waals surface area contributed by atoms with E-state index in [1.165, 1.54) is 0 Å². The summed E-state index contributed by atoms with van der Waals surface area (Å²) in [6, 6.07) is 3.67. The number of methoxy groups -OCH3 is 1. The van der Waals surface area contributed by atoms with Gasteiger partial charge in [-0.1, -0.05) is 5.16 Å². The quantitative estimate of drug-likeness (QED) is 0.869. The minimum atomic E-state index is -0.389. The minimum absolute atomic E-state index is 0.115. The second kappa shape index (κ2) is 6.31. The highest BCUT2D eigenvalue weighted by Crippen LogP contribution is 2.38. The van der Waals surface area contributed by atoms with Gasteiger partial charge in [-0.05, 0) is 31.9 Å². The van der Waals surface area contributed by atoms with E-state index in [1.54, 1.807) is 20.2 Å². The van der Waals surface area contributed by atoms with Gasteiger partial charge in [-0.3, -0.25) is 0 Å². The predicted octanol–water partition coefficient (Wildman–Crippen LogP) is 1.75. The Labute approximate surface area is 128 Å². The molecule has 3 atom stereocenters. The third kappa shape index (κ3) is 3.04. The van der Waals surface area contributed by atoms with Crippen LogP contribution in [0.1, 0.15) is 30.5 Å². The zero-order valence-corrected chi connectivity index (χ0v) is 12.7. The lowest BCUT2D eigenvalue weighted by Gasteiger charge is -2.16. The smallest absolute Gasteiger partial charge is 0.229 e. The van der Waals surface area contributed by atoms with E-state index in [2.05, 4.69) is 20.4 Å².